The predicted octanol–water partition coefficient (Wildman–Crippen LogP) is 2.37. The molecule has 1 unspecified atom stereocenters. The lowest BCUT2D eigenvalue weighted by molar-refractivity contribution is 0.0891. The Morgan fingerprint density at radius 1 is 1.31 bits per heavy atom. The summed E-state index contributed by atoms with van der Waals surface area (Å²) in [6, 6.07) is 7.20. The number of hydrogen-bond acceptors (Lipinski definition) is 1. The zero-order chi connectivity index (χ0) is 11.6. The average molecular weight is 222 g/mol. The minimum absolute atomic E-state index is 0.252. The van der Waals surface area contributed by atoms with E-state index in [4.69, 9.17) is 5.73 Å². The van der Waals surface area contributed by atoms with Crippen LogP contribution < -0.4 is 5.73 Å². The fourth-order valence-corrected chi connectivity index (χ4v) is 2.18. The van der Waals surface area contributed by atoms with Crippen molar-refractivity contribution in [2.75, 3.05) is 0 Å². The van der Waals surface area contributed by atoms with Crippen molar-refractivity contribution in [3.8, 4) is 0 Å². The number of fused-ring (bicyclic) bond motifs is 1. The van der Waals surface area contributed by atoms with E-state index in [1.165, 1.54) is 0 Å². The largest absolute Gasteiger partial charge is 0.351 e. The summed E-state index contributed by atoms with van der Waals surface area (Å²) in [7, 11) is 1.92. The van der Waals surface area contributed by atoms with Gasteiger partial charge in [-0.15, -0.1) is 0 Å². The molecule has 4 heteroatoms. The molecule has 1 aliphatic rings. The molecule has 1 atom stereocenters. The van der Waals surface area contributed by atoms with E-state index in [1.54, 1.807) is 12.1 Å². The topological polar surface area (TPSA) is 30.9 Å². The zero-order valence-electron chi connectivity index (χ0n) is 8.87. The van der Waals surface area contributed by atoms with Crippen LogP contribution in [-0.2, 0) is 12.6 Å². The second-order valence-electron chi connectivity index (χ2n) is 4.55. The van der Waals surface area contributed by atoms with Crippen molar-refractivity contribution < 1.29 is 8.78 Å². The highest BCUT2D eigenvalue weighted by Gasteiger charge is 2.69. The van der Waals surface area contributed by atoms with Gasteiger partial charge < -0.3 is 10.3 Å². The minimum Gasteiger partial charge on any atom is -0.351 e. The number of benzene rings is 1. The fourth-order valence-electron chi connectivity index (χ4n) is 2.18. The second kappa shape index (κ2) is 2.63. The number of alkyl halides is 2. The maximum atomic E-state index is 13.1. The molecule has 0 saturated heterocycles. The number of aryl methyl sites for hydroxylation is 1. The SMILES string of the molecule is Cn1ccc2cc(C3(N)CC3(F)F)ccc21. The average Bonchev–Trinajstić information content (AvgIpc) is 2.57. The van der Waals surface area contributed by atoms with Gasteiger partial charge in [-0.2, -0.15) is 0 Å². The van der Waals surface area contributed by atoms with E-state index in [2.05, 4.69) is 0 Å². The fraction of sp³-hybridized carbons (Fsp3) is 0.333. The molecule has 0 bridgehead atoms. The first-order valence-corrected chi connectivity index (χ1v) is 5.16. The molecule has 0 radical (unpaired) electrons. The summed E-state index contributed by atoms with van der Waals surface area (Å²) in [6.45, 7) is 0. The maximum absolute atomic E-state index is 13.1. The highest BCUT2D eigenvalue weighted by molar-refractivity contribution is 5.81. The van der Waals surface area contributed by atoms with Crippen LogP contribution in [0.5, 0.6) is 0 Å². The molecule has 1 fully saturated rings. The molecule has 1 aromatic heterocycles. The Balaban J connectivity index is 2.14. The van der Waals surface area contributed by atoms with Gasteiger partial charge in [0, 0.05) is 25.2 Å². The molecule has 1 heterocycles. The van der Waals surface area contributed by atoms with Crippen LogP contribution >= 0.6 is 0 Å². The second-order valence-corrected chi connectivity index (χ2v) is 4.55. The summed E-state index contributed by atoms with van der Waals surface area (Å²) >= 11 is 0. The van der Waals surface area contributed by atoms with Crippen molar-refractivity contribution in [2.45, 2.75) is 17.9 Å². The minimum atomic E-state index is -2.75. The van der Waals surface area contributed by atoms with Crippen molar-refractivity contribution >= 4 is 10.9 Å². The molecular formula is C12H12F2N2. The molecule has 0 spiro atoms. The van der Waals surface area contributed by atoms with Gasteiger partial charge >= 0.3 is 0 Å². The third-order valence-electron chi connectivity index (χ3n) is 3.43. The maximum Gasteiger partial charge on any atom is 0.272 e. The van der Waals surface area contributed by atoms with Crippen LogP contribution in [0.25, 0.3) is 10.9 Å². The van der Waals surface area contributed by atoms with Gasteiger partial charge in [0.2, 0.25) is 0 Å². The number of aromatic nitrogens is 1. The van der Waals surface area contributed by atoms with Crippen molar-refractivity contribution in [3.63, 3.8) is 0 Å². The van der Waals surface area contributed by atoms with Crippen LogP contribution in [0.4, 0.5) is 8.78 Å². The highest BCUT2D eigenvalue weighted by atomic mass is 19.3. The van der Waals surface area contributed by atoms with Gasteiger partial charge in [-0.1, -0.05) is 6.07 Å². The van der Waals surface area contributed by atoms with Crippen LogP contribution in [0.15, 0.2) is 30.5 Å². The molecule has 1 aromatic carbocycles. The number of hydrogen-bond donors (Lipinski definition) is 1. The van der Waals surface area contributed by atoms with Gasteiger partial charge in [-0.25, -0.2) is 8.78 Å². The Bertz CT molecular complexity index is 573. The smallest absolute Gasteiger partial charge is 0.272 e. The Morgan fingerprint density at radius 2 is 2.00 bits per heavy atom. The summed E-state index contributed by atoms with van der Waals surface area (Å²) < 4.78 is 28.2. The summed E-state index contributed by atoms with van der Waals surface area (Å²) in [6.07, 6.45) is 1.65. The molecule has 3 rings (SSSR count). The first kappa shape index (κ1) is 9.78. The molecule has 1 saturated carbocycles. The van der Waals surface area contributed by atoms with Crippen molar-refractivity contribution in [1.82, 2.24) is 4.57 Å². The van der Waals surface area contributed by atoms with Crippen LogP contribution in [0.3, 0.4) is 0 Å². The zero-order valence-corrected chi connectivity index (χ0v) is 8.87. The predicted molar refractivity (Wildman–Crippen MR) is 58.3 cm³/mol. The molecule has 2 aromatic rings. The molecule has 2 N–H and O–H groups in total. The van der Waals surface area contributed by atoms with E-state index >= 15 is 0 Å². The lowest BCUT2D eigenvalue weighted by Crippen LogP contribution is -2.26. The molecule has 84 valence electrons. The van der Waals surface area contributed by atoms with Gasteiger partial charge in [0.25, 0.3) is 5.92 Å². The number of nitrogens with two attached hydrogens (primary N) is 1. The Morgan fingerprint density at radius 3 is 2.62 bits per heavy atom. The standard InChI is InChI=1S/C12H12F2N2/c1-16-5-4-8-6-9(2-3-10(8)16)11(15)7-12(11,13)14/h2-6H,7,15H2,1H3. The number of nitrogens with zero attached hydrogens (tertiary/aromatic N) is 1. The Labute approximate surface area is 91.7 Å². The number of rotatable bonds is 1. The quantitative estimate of drug-likeness (QED) is 0.789. The van der Waals surface area contributed by atoms with Gasteiger partial charge in [-0.3, -0.25) is 0 Å². The monoisotopic (exact) mass is 222 g/mol. The van der Waals surface area contributed by atoms with Crippen molar-refractivity contribution in [3.05, 3.63) is 36.0 Å². The van der Waals surface area contributed by atoms with E-state index in [0.717, 1.165) is 10.9 Å². The first-order valence-electron chi connectivity index (χ1n) is 5.16. The third kappa shape index (κ3) is 1.08. The normalized spacial score (nSPS) is 27.2. The molecule has 16 heavy (non-hydrogen) atoms. The van der Waals surface area contributed by atoms with Gasteiger partial charge in [0.05, 0.1) is 0 Å². The molecule has 0 aliphatic heterocycles. The van der Waals surface area contributed by atoms with Gasteiger partial charge in [-0.05, 0) is 29.1 Å². The van der Waals surface area contributed by atoms with E-state index in [0.29, 0.717) is 5.56 Å². The first-order chi connectivity index (χ1) is 7.44. The van der Waals surface area contributed by atoms with Crippen molar-refractivity contribution in [1.29, 1.82) is 0 Å². The van der Waals surface area contributed by atoms with E-state index < -0.39 is 11.5 Å². The highest BCUT2D eigenvalue weighted by Crippen LogP contribution is 2.57. The molecule has 2 nitrogen and oxygen atoms in total. The van der Waals surface area contributed by atoms with Crippen molar-refractivity contribution in [2.24, 2.45) is 12.8 Å². The van der Waals surface area contributed by atoms with Crippen LogP contribution in [-0.4, -0.2) is 10.5 Å². The Kier molecular flexibility index (Phi) is 1.61. The van der Waals surface area contributed by atoms with Crippen LogP contribution in [0.1, 0.15) is 12.0 Å². The van der Waals surface area contributed by atoms with Crippen LogP contribution in [0.2, 0.25) is 0 Å². The van der Waals surface area contributed by atoms with E-state index in [1.807, 2.05) is 29.9 Å². The van der Waals surface area contributed by atoms with Gasteiger partial charge in [0.15, 0.2) is 0 Å². The van der Waals surface area contributed by atoms with Crippen LogP contribution in [0, 0.1) is 0 Å². The summed E-state index contributed by atoms with van der Waals surface area (Å²) in [5.74, 6) is -2.75. The molecular weight excluding hydrogens is 210 g/mol. The van der Waals surface area contributed by atoms with Gasteiger partial charge in [0.1, 0.15) is 5.54 Å². The number of halogens is 2. The molecule has 0 amide bonds. The van der Waals surface area contributed by atoms with E-state index in [-0.39, 0.29) is 6.42 Å². The summed E-state index contributed by atoms with van der Waals surface area (Å²) in [5.41, 5.74) is 5.79. The third-order valence-corrected chi connectivity index (χ3v) is 3.43. The lowest BCUT2D eigenvalue weighted by atomic mass is 10.0. The van der Waals surface area contributed by atoms with E-state index in [9.17, 15) is 8.78 Å². The summed E-state index contributed by atoms with van der Waals surface area (Å²) in [5, 5.41) is 0.951. The lowest BCUT2D eigenvalue weighted by Gasteiger charge is -2.11. The Hall–Kier alpha value is -1.42. The molecule has 1 aliphatic carbocycles. The summed E-state index contributed by atoms with van der Waals surface area (Å²) in [4.78, 5) is 0.